The summed E-state index contributed by atoms with van der Waals surface area (Å²) in [6.45, 7) is 2.55. The number of ether oxygens (including phenoxy) is 1. The van der Waals surface area contributed by atoms with Crippen molar-refractivity contribution in [3.8, 4) is 0 Å². The number of methoxy groups -OCH3 is 1. The van der Waals surface area contributed by atoms with Crippen LogP contribution >= 0.6 is 12.4 Å². The van der Waals surface area contributed by atoms with Gasteiger partial charge in [-0.1, -0.05) is 12.5 Å². The Morgan fingerprint density at radius 1 is 1.26 bits per heavy atom. The van der Waals surface area contributed by atoms with E-state index in [1.165, 1.54) is 7.11 Å². The topological polar surface area (TPSA) is 79.5 Å². The van der Waals surface area contributed by atoms with Gasteiger partial charge in [0, 0.05) is 18.5 Å². The van der Waals surface area contributed by atoms with Crippen LogP contribution in [0.15, 0.2) is 24.3 Å². The number of carbonyl (C=O) groups excluding carboxylic acids is 2. The van der Waals surface area contributed by atoms with E-state index in [1.807, 2.05) is 0 Å². The van der Waals surface area contributed by atoms with E-state index >= 15 is 0 Å². The van der Waals surface area contributed by atoms with Crippen LogP contribution in [0.2, 0.25) is 0 Å². The predicted octanol–water partition coefficient (Wildman–Crippen LogP) is 2.16. The first-order valence-corrected chi connectivity index (χ1v) is 7.58. The fourth-order valence-electron chi connectivity index (χ4n) is 2.33. The van der Waals surface area contributed by atoms with Crippen LogP contribution in [0.25, 0.3) is 0 Å². The maximum atomic E-state index is 12.2. The van der Waals surface area contributed by atoms with Crippen LogP contribution in [0.3, 0.4) is 0 Å². The highest BCUT2D eigenvalue weighted by molar-refractivity contribution is 5.97. The number of anilines is 2. The molecule has 0 aliphatic carbocycles. The lowest BCUT2D eigenvalue weighted by atomic mass is 10.0. The molecule has 1 fully saturated rings. The normalized spacial score (nSPS) is 18.4. The summed E-state index contributed by atoms with van der Waals surface area (Å²) < 4.78 is 4.97. The summed E-state index contributed by atoms with van der Waals surface area (Å²) in [6, 6.07) is 6.96. The largest absolute Gasteiger partial charge is 0.372 e. The van der Waals surface area contributed by atoms with Gasteiger partial charge < -0.3 is 20.7 Å². The highest BCUT2D eigenvalue weighted by Crippen LogP contribution is 2.17. The van der Waals surface area contributed by atoms with Crippen LogP contribution in [0, 0.1) is 0 Å². The van der Waals surface area contributed by atoms with E-state index in [4.69, 9.17) is 4.74 Å². The summed E-state index contributed by atoms with van der Waals surface area (Å²) in [4.78, 5) is 24.0. The number of carbonyl (C=O) groups is 2. The van der Waals surface area contributed by atoms with Gasteiger partial charge in [-0.25, -0.2) is 0 Å². The summed E-state index contributed by atoms with van der Waals surface area (Å²) >= 11 is 0. The minimum absolute atomic E-state index is 0. The third kappa shape index (κ3) is 5.82. The summed E-state index contributed by atoms with van der Waals surface area (Å²) in [5.41, 5.74) is 1.29. The third-order valence-corrected chi connectivity index (χ3v) is 3.75. The fourth-order valence-corrected chi connectivity index (χ4v) is 2.33. The van der Waals surface area contributed by atoms with E-state index in [0.717, 1.165) is 25.8 Å². The molecule has 1 aliphatic rings. The molecule has 128 valence electrons. The molecule has 2 amide bonds. The average molecular weight is 342 g/mol. The van der Waals surface area contributed by atoms with E-state index in [-0.39, 0.29) is 30.3 Å². The molecule has 23 heavy (non-hydrogen) atoms. The highest BCUT2D eigenvalue weighted by Gasteiger charge is 2.20. The molecule has 0 spiro atoms. The van der Waals surface area contributed by atoms with Crippen molar-refractivity contribution in [2.45, 2.75) is 38.3 Å². The Labute approximate surface area is 142 Å². The van der Waals surface area contributed by atoms with Crippen molar-refractivity contribution < 1.29 is 14.3 Å². The Hall–Kier alpha value is -1.63. The molecule has 7 heteroatoms. The molecular weight excluding hydrogens is 318 g/mol. The van der Waals surface area contributed by atoms with Crippen molar-refractivity contribution in [1.82, 2.24) is 5.32 Å². The molecule has 1 aromatic carbocycles. The lowest BCUT2D eigenvalue weighted by molar-refractivity contribution is -0.124. The average Bonchev–Trinajstić information content (AvgIpc) is 2.55. The van der Waals surface area contributed by atoms with Crippen LogP contribution in [0.4, 0.5) is 11.4 Å². The van der Waals surface area contributed by atoms with Crippen LogP contribution in [-0.2, 0) is 14.3 Å². The monoisotopic (exact) mass is 341 g/mol. The molecule has 3 N–H and O–H groups in total. The van der Waals surface area contributed by atoms with Gasteiger partial charge in [0.25, 0.3) is 5.91 Å². The number of hydrogen-bond donors (Lipinski definition) is 3. The molecule has 1 aliphatic heterocycles. The molecule has 0 bridgehead atoms. The number of rotatable bonds is 5. The van der Waals surface area contributed by atoms with Crippen molar-refractivity contribution in [2.75, 3.05) is 24.3 Å². The minimum Gasteiger partial charge on any atom is -0.372 e. The quantitative estimate of drug-likeness (QED) is 0.766. The van der Waals surface area contributed by atoms with Gasteiger partial charge in [-0.2, -0.15) is 0 Å². The maximum absolute atomic E-state index is 12.2. The number of hydrogen-bond acceptors (Lipinski definition) is 4. The molecule has 1 heterocycles. The van der Waals surface area contributed by atoms with E-state index in [2.05, 4.69) is 16.0 Å². The first kappa shape index (κ1) is 19.4. The molecule has 0 aromatic heterocycles. The van der Waals surface area contributed by atoms with Crippen molar-refractivity contribution in [2.24, 2.45) is 0 Å². The second-order valence-electron chi connectivity index (χ2n) is 5.44. The zero-order chi connectivity index (χ0) is 15.9. The molecule has 0 radical (unpaired) electrons. The molecule has 1 aromatic rings. The second kappa shape index (κ2) is 9.50. The van der Waals surface area contributed by atoms with E-state index in [0.29, 0.717) is 11.4 Å². The molecule has 1 saturated heterocycles. The zero-order valence-corrected chi connectivity index (χ0v) is 14.2. The summed E-state index contributed by atoms with van der Waals surface area (Å²) in [5.74, 6) is -0.256. The van der Waals surface area contributed by atoms with Crippen LogP contribution in [-0.4, -0.2) is 37.6 Å². The number of nitrogens with one attached hydrogen (secondary N) is 3. The maximum Gasteiger partial charge on any atom is 0.253 e. The Morgan fingerprint density at radius 2 is 1.96 bits per heavy atom. The van der Waals surface area contributed by atoms with Gasteiger partial charge in [0.15, 0.2) is 0 Å². The van der Waals surface area contributed by atoms with Gasteiger partial charge in [-0.05, 0) is 44.5 Å². The van der Waals surface area contributed by atoms with Crippen LogP contribution < -0.4 is 16.0 Å². The van der Waals surface area contributed by atoms with Gasteiger partial charge >= 0.3 is 0 Å². The highest BCUT2D eigenvalue weighted by atomic mass is 35.5. The predicted molar refractivity (Wildman–Crippen MR) is 93.1 cm³/mol. The number of benzene rings is 1. The van der Waals surface area contributed by atoms with Crippen molar-refractivity contribution >= 4 is 35.6 Å². The van der Waals surface area contributed by atoms with E-state index < -0.39 is 6.10 Å². The van der Waals surface area contributed by atoms with Gasteiger partial charge in [-0.3, -0.25) is 9.59 Å². The SMILES string of the molecule is COC(C)C(=O)Nc1cccc(NC(=O)C2CCCCN2)c1.Cl. The lowest BCUT2D eigenvalue weighted by Crippen LogP contribution is -2.43. The molecule has 6 nitrogen and oxygen atoms in total. The fraction of sp³-hybridized carbons (Fsp3) is 0.500. The first-order chi connectivity index (χ1) is 10.6. The Bertz CT molecular complexity index is 533. The molecule has 2 rings (SSSR count). The molecular formula is C16H24ClN3O3. The molecule has 2 atom stereocenters. The zero-order valence-electron chi connectivity index (χ0n) is 13.4. The minimum atomic E-state index is -0.523. The lowest BCUT2D eigenvalue weighted by Gasteiger charge is -2.22. The third-order valence-electron chi connectivity index (χ3n) is 3.75. The van der Waals surface area contributed by atoms with E-state index in [9.17, 15) is 9.59 Å². The smallest absolute Gasteiger partial charge is 0.253 e. The molecule has 0 saturated carbocycles. The van der Waals surface area contributed by atoms with Crippen molar-refractivity contribution in [3.63, 3.8) is 0 Å². The number of piperidine rings is 1. The van der Waals surface area contributed by atoms with Gasteiger partial charge in [0.1, 0.15) is 6.10 Å². The Balaban J connectivity index is 0.00000264. The van der Waals surface area contributed by atoms with Crippen molar-refractivity contribution in [1.29, 1.82) is 0 Å². The van der Waals surface area contributed by atoms with Crippen LogP contribution in [0.1, 0.15) is 26.2 Å². The summed E-state index contributed by atoms with van der Waals surface area (Å²) in [7, 11) is 1.48. The van der Waals surface area contributed by atoms with Gasteiger partial charge in [0.2, 0.25) is 5.91 Å². The molecule has 2 unspecified atom stereocenters. The van der Waals surface area contributed by atoms with Gasteiger partial charge in [-0.15, -0.1) is 12.4 Å². The first-order valence-electron chi connectivity index (χ1n) is 7.58. The van der Waals surface area contributed by atoms with Gasteiger partial charge in [0.05, 0.1) is 6.04 Å². The standard InChI is InChI=1S/C16H23N3O3.ClH/c1-11(22-2)15(20)18-12-6-5-7-13(10-12)19-16(21)14-8-3-4-9-17-14;/h5-7,10-11,14,17H,3-4,8-9H2,1-2H3,(H,18,20)(H,19,21);1H. The summed E-state index contributed by atoms with van der Waals surface area (Å²) in [5, 5.41) is 8.85. The number of amides is 2. The van der Waals surface area contributed by atoms with Crippen LogP contribution in [0.5, 0.6) is 0 Å². The second-order valence-corrected chi connectivity index (χ2v) is 5.44. The number of halogens is 1. The Morgan fingerprint density at radius 3 is 2.57 bits per heavy atom. The van der Waals surface area contributed by atoms with E-state index in [1.54, 1.807) is 31.2 Å². The van der Waals surface area contributed by atoms with Crippen molar-refractivity contribution in [3.05, 3.63) is 24.3 Å². The Kier molecular flexibility index (Phi) is 8.02. The summed E-state index contributed by atoms with van der Waals surface area (Å²) in [6.07, 6.45) is 2.51.